The van der Waals surface area contributed by atoms with Gasteiger partial charge in [0.15, 0.2) is 0 Å². The normalized spacial score (nSPS) is 15.8. The molecule has 2 heterocycles. The van der Waals surface area contributed by atoms with E-state index in [0.29, 0.717) is 5.75 Å². The first kappa shape index (κ1) is 18.5. The maximum atomic E-state index is 12.5. The third-order valence-corrected chi connectivity index (χ3v) is 6.36. The highest BCUT2D eigenvalue weighted by Crippen LogP contribution is 2.16. The number of amides is 1. The van der Waals surface area contributed by atoms with Crippen LogP contribution in [0.5, 0.6) is 0 Å². The molecule has 3 rings (SSSR count). The Morgan fingerprint density at radius 3 is 2.80 bits per heavy atom. The van der Waals surface area contributed by atoms with Crippen molar-refractivity contribution in [3.63, 3.8) is 0 Å². The van der Waals surface area contributed by atoms with Crippen LogP contribution in [-0.4, -0.2) is 56.8 Å². The van der Waals surface area contributed by atoms with Gasteiger partial charge in [0.25, 0.3) is 0 Å². The van der Waals surface area contributed by atoms with Gasteiger partial charge in [-0.3, -0.25) is 9.69 Å². The van der Waals surface area contributed by atoms with Crippen LogP contribution in [0.4, 0.5) is 0 Å². The molecule has 1 aliphatic heterocycles. The van der Waals surface area contributed by atoms with Crippen LogP contribution in [0.15, 0.2) is 41.9 Å². The van der Waals surface area contributed by atoms with Gasteiger partial charge in [0.1, 0.15) is 5.01 Å². The third kappa shape index (κ3) is 5.60. The fourth-order valence-corrected chi connectivity index (χ4v) is 4.49. The molecule has 0 unspecified atom stereocenters. The second-order valence-corrected chi connectivity index (χ2v) is 8.51. The van der Waals surface area contributed by atoms with Crippen LogP contribution >= 0.6 is 35.3 Å². The summed E-state index contributed by atoms with van der Waals surface area (Å²) in [7, 11) is 0. The standard InChI is InChI=1S/C18H21N3OS3/c22-17(14-25-18(23)15-5-2-1-3-6-15)21-9-4-8-20(10-11-21)13-16-19-7-12-24-16/h1-3,5-7,12H,4,8-11,13-14H2. The Labute approximate surface area is 162 Å². The monoisotopic (exact) mass is 391 g/mol. The molecule has 1 aliphatic rings. The fraction of sp³-hybridized carbons (Fsp3) is 0.389. The number of aromatic nitrogens is 1. The highest BCUT2D eigenvalue weighted by atomic mass is 32.2. The third-order valence-electron chi connectivity index (χ3n) is 4.12. The molecule has 2 aromatic rings. The number of hydrogen-bond donors (Lipinski definition) is 0. The lowest BCUT2D eigenvalue weighted by Crippen LogP contribution is -2.36. The predicted molar refractivity (Wildman–Crippen MR) is 109 cm³/mol. The van der Waals surface area contributed by atoms with E-state index in [1.54, 1.807) is 11.3 Å². The van der Waals surface area contributed by atoms with Gasteiger partial charge in [-0.15, -0.1) is 23.1 Å². The number of nitrogens with zero attached hydrogens (tertiary/aromatic N) is 3. The summed E-state index contributed by atoms with van der Waals surface area (Å²) in [6.07, 6.45) is 2.85. The van der Waals surface area contributed by atoms with E-state index in [4.69, 9.17) is 12.2 Å². The first-order valence-electron chi connectivity index (χ1n) is 8.33. The quantitative estimate of drug-likeness (QED) is 0.731. The number of carbonyl (C=O) groups is 1. The van der Waals surface area contributed by atoms with Crippen molar-refractivity contribution in [1.82, 2.24) is 14.8 Å². The summed E-state index contributed by atoms with van der Waals surface area (Å²) in [5.41, 5.74) is 1.01. The van der Waals surface area contributed by atoms with Crippen molar-refractivity contribution in [2.24, 2.45) is 0 Å². The van der Waals surface area contributed by atoms with E-state index >= 15 is 0 Å². The van der Waals surface area contributed by atoms with Crippen molar-refractivity contribution in [3.8, 4) is 0 Å². The molecular weight excluding hydrogens is 370 g/mol. The van der Waals surface area contributed by atoms with Gasteiger partial charge in [-0.1, -0.05) is 42.5 Å². The van der Waals surface area contributed by atoms with Crippen LogP contribution < -0.4 is 0 Å². The van der Waals surface area contributed by atoms with E-state index in [0.717, 1.165) is 53.9 Å². The molecule has 7 heteroatoms. The number of carbonyl (C=O) groups excluding carboxylic acids is 1. The molecule has 132 valence electrons. The molecule has 0 atom stereocenters. The number of thiocarbonyl (C=S) groups is 1. The average Bonchev–Trinajstić information content (AvgIpc) is 3.04. The van der Waals surface area contributed by atoms with Crippen LogP contribution in [0.2, 0.25) is 0 Å². The second-order valence-electron chi connectivity index (χ2n) is 5.88. The molecule has 0 bridgehead atoms. The van der Waals surface area contributed by atoms with E-state index in [9.17, 15) is 4.79 Å². The Morgan fingerprint density at radius 2 is 2.04 bits per heavy atom. The Kier molecular flexibility index (Phi) is 6.98. The van der Waals surface area contributed by atoms with Crippen LogP contribution in [0, 0.1) is 0 Å². The maximum Gasteiger partial charge on any atom is 0.233 e. The maximum absolute atomic E-state index is 12.5. The zero-order valence-electron chi connectivity index (χ0n) is 14.0. The Hall–Kier alpha value is -1.28. The molecule has 1 aromatic heterocycles. The van der Waals surface area contributed by atoms with Gasteiger partial charge in [-0.25, -0.2) is 4.98 Å². The van der Waals surface area contributed by atoms with E-state index < -0.39 is 0 Å². The van der Waals surface area contributed by atoms with Gasteiger partial charge < -0.3 is 4.90 Å². The molecule has 25 heavy (non-hydrogen) atoms. The Morgan fingerprint density at radius 1 is 1.20 bits per heavy atom. The molecule has 1 amide bonds. The second kappa shape index (κ2) is 9.43. The fourth-order valence-electron chi connectivity index (χ4n) is 2.78. The summed E-state index contributed by atoms with van der Waals surface area (Å²) in [6.45, 7) is 4.40. The van der Waals surface area contributed by atoms with Gasteiger partial charge in [0, 0.05) is 37.8 Å². The number of thiazole rings is 1. The lowest BCUT2D eigenvalue weighted by molar-refractivity contribution is -0.128. The molecule has 1 fully saturated rings. The minimum absolute atomic E-state index is 0.180. The molecule has 0 spiro atoms. The van der Waals surface area contributed by atoms with Gasteiger partial charge in [-0.05, 0) is 12.0 Å². The van der Waals surface area contributed by atoms with Crippen LogP contribution in [-0.2, 0) is 11.3 Å². The van der Waals surface area contributed by atoms with Gasteiger partial charge in [0.2, 0.25) is 5.91 Å². The SMILES string of the molecule is O=C(CSC(=S)c1ccccc1)N1CCCN(Cc2nccs2)CC1. The highest BCUT2D eigenvalue weighted by molar-refractivity contribution is 8.24. The van der Waals surface area contributed by atoms with Crippen molar-refractivity contribution >= 4 is 45.4 Å². The minimum Gasteiger partial charge on any atom is -0.341 e. The summed E-state index contributed by atoms with van der Waals surface area (Å²) in [4.78, 5) is 21.2. The number of rotatable bonds is 5. The highest BCUT2D eigenvalue weighted by Gasteiger charge is 2.20. The molecule has 0 saturated carbocycles. The number of hydrogen-bond acceptors (Lipinski definition) is 6. The summed E-state index contributed by atoms with van der Waals surface area (Å²) < 4.78 is 0.786. The topological polar surface area (TPSA) is 36.4 Å². The summed E-state index contributed by atoms with van der Waals surface area (Å²) in [6, 6.07) is 9.88. The summed E-state index contributed by atoms with van der Waals surface area (Å²) >= 11 is 8.58. The molecular formula is C18H21N3OS3. The largest absolute Gasteiger partial charge is 0.341 e. The molecule has 0 N–H and O–H groups in total. The van der Waals surface area contributed by atoms with Gasteiger partial charge in [-0.2, -0.15) is 0 Å². The molecule has 4 nitrogen and oxygen atoms in total. The molecule has 1 aromatic carbocycles. The average molecular weight is 392 g/mol. The van der Waals surface area contributed by atoms with Crippen molar-refractivity contribution < 1.29 is 4.79 Å². The first-order chi connectivity index (χ1) is 12.2. The van der Waals surface area contributed by atoms with Crippen LogP contribution in [0.25, 0.3) is 0 Å². The summed E-state index contributed by atoms with van der Waals surface area (Å²) in [5, 5.41) is 3.15. The zero-order valence-corrected chi connectivity index (χ0v) is 16.4. The lowest BCUT2D eigenvalue weighted by Gasteiger charge is -2.21. The van der Waals surface area contributed by atoms with E-state index in [1.807, 2.05) is 46.8 Å². The van der Waals surface area contributed by atoms with E-state index in [-0.39, 0.29) is 5.91 Å². The van der Waals surface area contributed by atoms with Crippen LogP contribution in [0.3, 0.4) is 0 Å². The van der Waals surface area contributed by atoms with Gasteiger partial charge in [0.05, 0.1) is 16.5 Å². The Bertz CT molecular complexity index is 691. The van der Waals surface area contributed by atoms with Crippen molar-refractivity contribution in [1.29, 1.82) is 0 Å². The lowest BCUT2D eigenvalue weighted by atomic mass is 10.2. The smallest absolute Gasteiger partial charge is 0.233 e. The molecule has 1 saturated heterocycles. The summed E-state index contributed by atoms with van der Waals surface area (Å²) in [5.74, 6) is 0.597. The molecule has 0 aliphatic carbocycles. The zero-order chi connectivity index (χ0) is 17.5. The molecule has 0 radical (unpaired) electrons. The minimum atomic E-state index is 0.180. The van der Waals surface area contributed by atoms with Crippen molar-refractivity contribution in [3.05, 3.63) is 52.5 Å². The van der Waals surface area contributed by atoms with Crippen molar-refractivity contribution in [2.45, 2.75) is 13.0 Å². The predicted octanol–water partition coefficient (Wildman–Crippen LogP) is 3.29. The van der Waals surface area contributed by atoms with Gasteiger partial charge >= 0.3 is 0 Å². The van der Waals surface area contributed by atoms with E-state index in [1.165, 1.54) is 11.8 Å². The first-order valence-corrected chi connectivity index (χ1v) is 10.6. The number of thioether (sulfide) groups is 1. The Balaban J connectivity index is 1.45. The van der Waals surface area contributed by atoms with E-state index in [2.05, 4.69) is 9.88 Å². The number of benzene rings is 1. The van der Waals surface area contributed by atoms with Crippen molar-refractivity contribution in [2.75, 3.05) is 31.9 Å². The van der Waals surface area contributed by atoms with Crippen LogP contribution in [0.1, 0.15) is 17.0 Å².